The van der Waals surface area contributed by atoms with Crippen molar-refractivity contribution < 1.29 is 17.9 Å². The number of hydrogen-bond donors (Lipinski definition) is 0. The molecule has 1 saturated heterocycles. The summed E-state index contributed by atoms with van der Waals surface area (Å²) in [5, 5.41) is 0. The SMILES string of the molecule is COC(=O)CCCS(=O)(=O)N1CCSCC1C. The Morgan fingerprint density at radius 3 is 2.82 bits per heavy atom. The van der Waals surface area contributed by atoms with Gasteiger partial charge in [-0.3, -0.25) is 4.79 Å². The lowest BCUT2D eigenvalue weighted by Gasteiger charge is -2.31. The Balaban J connectivity index is 2.47. The van der Waals surface area contributed by atoms with Crippen LogP contribution in [0.15, 0.2) is 0 Å². The van der Waals surface area contributed by atoms with Gasteiger partial charge in [-0.25, -0.2) is 8.42 Å². The fourth-order valence-electron chi connectivity index (χ4n) is 1.74. The van der Waals surface area contributed by atoms with E-state index in [1.807, 2.05) is 6.92 Å². The smallest absolute Gasteiger partial charge is 0.305 e. The molecule has 1 fully saturated rings. The Morgan fingerprint density at radius 2 is 2.24 bits per heavy atom. The van der Waals surface area contributed by atoms with Gasteiger partial charge in [0.1, 0.15) is 0 Å². The van der Waals surface area contributed by atoms with Gasteiger partial charge >= 0.3 is 5.97 Å². The van der Waals surface area contributed by atoms with Crippen LogP contribution in [0.25, 0.3) is 0 Å². The van der Waals surface area contributed by atoms with Crippen LogP contribution < -0.4 is 0 Å². The van der Waals surface area contributed by atoms with Crippen LogP contribution >= 0.6 is 11.8 Å². The Morgan fingerprint density at radius 1 is 1.53 bits per heavy atom. The summed E-state index contributed by atoms with van der Waals surface area (Å²) < 4.78 is 30.1. The van der Waals surface area contributed by atoms with E-state index >= 15 is 0 Å². The van der Waals surface area contributed by atoms with Crippen molar-refractivity contribution in [2.24, 2.45) is 0 Å². The van der Waals surface area contributed by atoms with Crippen LogP contribution in [-0.4, -0.2) is 55.6 Å². The molecule has 1 atom stereocenters. The highest BCUT2D eigenvalue weighted by atomic mass is 32.2. The van der Waals surface area contributed by atoms with Crippen molar-refractivity contribution in [3.8, 4) is 0 Å². The van der Waals surface area contributed by atoms with E-state index in [2.05, 4.69) is 4.74 Å². The Bertz CT molecular complexity index is 355. The molecule has 1 aliphatic heterocycles. The monoisotopic (exact) mass is 281 g/mol. The maximum atomic E-state index is 12.0. The van der Waals surface area contributed by atoms with Gasteiger partial charge in [0, 0.05) is 30.5 Å². The fourth-order valence-corrected chi connectivity index (χ4v) is 4.70. The van der Waals surface area contributed by atoms with E-state index in [4.69, 9.17) is 0 Å². The summed E-state index contributed by atoms with van der Waals surface area (Å²) in [6, 6.07) is 0.0527. The van der Waals surface area contributed by atoms with Gasteiger partial charge in [-0.15, -0.1) is 0 Å². The lowest BCUT2D eigenvalue weighted by molar-refractivity contribution is -0.140. The van der Waals surface area contributed by atoms with Crippen molar-refractivity contribution >= 4 is 27.8 Å². The minimum absolute atomic E-state index is 0.0249. The van der Waals surface area contributed by atoms with E-state index in [9.17, 15) is 13.2 Å². The number of methoxy groups -OCH3 is 1. The van der Waals surface area contributed by atoms with Gasteiger partial charge in [-0.1, -0.05) is 0 Å². The molecule has 0 spiro atoms. The number of sulfonamides is 1. The third kappa shape index (κ3) is 4.48. The van der Waals surface area contributed by atoms with E-state index in [0.717, 1.165) is 11.5 Å². The molecule has 1 aliphatic rings. The molecule has 100 valence electrons. The van der Waals surface area contributed by atoms with E-state index in [-0.39, 0.29) is 24.2 Å². The van der Waals surface area contributed by atoms with Gasteiger partial charge in [-0.2, -0.15) is 16.1 Å². The molecule has 1 rings (SSSR count). The first kappa shape index (κ1) is 14.8. The Kier molecular flexibility index (Phi) is 5.75. The fraction of sp³-hybridized carbons (Fsp3) is 0.900. The number of esters is 1. The normalized spacial score (nSPS) is 22.4. The van der Waals surface area contributed by atoms with E-state index < -0.39 is 10.0 Å². The molecule has 0 saturated carbocycles. The predicted molar refractivity (Wildman–Crippen MR) is 68.5 cm³/mol. The second-order valence-corrected chi connectivity index (χ2v) is 7.22. The van der Waals surface area contributed by atoms with Crippen LogP contribution in [-0.2, 0) is 19.6 Å². The largest absolute Gasteiger partial charge is 0.469 e. The summed E-state index contributed by atoms with van der Waals surface area (Å²) in [4.78, 5) is 10.9. The zero-order valence-corrected chi connectivity index (χ0v) is 11.8. The average Bonchev–Trinajstić information content (AvgIpc) is 2.28. The van der Waals surface area contributed by atoms with Crippen molar-refractivity contribution in [1.29, 1.82) is 0 Å². The zero-order chi connectivity index (χ0) is 12.9. The minimum atomic E-state index is -3.22. The predicted octanol–water partition coefficient (Wildman–Crippen LogP) is 0.707. The van der Waals surface area contributed by atoms with Gasteiger partial charge < -0.3 is 4.74 Å². The number of rotatable bonds is 5. The summed E-state index contributed by atoms with van der Waals surface area (Å²) in [5.74, 6) is 1.36. The van der Waals surface area contributed by atoms with E-state index in [1.165, 1.54) is 7.11 Å². The van der Waals surface area contributed by atoms with Crippen molar-refractivity contribution in [2.45, 2.75) is 25.8 Å². The molecule has 0 amide bonds. The highest BCUT2D eigenvalue weighted by molar-refractivity contribution is 7.99. The number of thioether (sulfide) groups is 1. The second-order valence-electron chi connectivity index (χ2n) is 4.03. The van der Waals surface area contributed by atoms with Gasteiger partial charge in [-0.05, 0) is 13.3 Å². The number of hydrogen-bond acceptors (Lipinski definition) is 5. The molecule has 0 aromatic rings. The molecular formula is C10H19NO4S2. The Hall–Kier alpha value is -0.270. The maximum Gasteiger partial charge on any atom is 0.305 e. The molecule has 0 aliphatic carbocycles. The van der Waals surface area contributed by atoms with Crippen molar-refractivity contribution in [2.75, 3.05) is 30.9 Å². The van der Waals surface area contributed by atoms with Gasteiger partial charge in [0.15, 0.2) is 0 Å². The van der Waals surface area contributed by atoms with Crippen LogP contribution in [0.1, 0.15) is 19.8 Å². The lowest BCUT2D eigenvalue weighted by Crippen LogP contribution is -2.45. The zero-order valence-electron chi connectivity index (χ0n) is 10.2. The molecule has 0 aromatic heterocycles. The molecule has 1 unspecified atom stereocenters. The standard InChI is InChI=1S/C10H19NO4S2/c1-9-8-16-6-5-11(9)17(13,14)7-3-4-10(12)15-2/h9H,3-8H2,1-2H3. The molecule has 0 bridgehead atoms. The highest BCUT2D eigenvalue weighted by Gasteiger charge is 2.29. The van der Waals surface area contributed by atoms with Gasteiger partial charge in [0.05, 0.1) is 12.9 Å². The molecule has 0 radical (unpaired) electrons. The maximum absolute atomic E-state index is 12.0. The molecule has 0 aromatic carbocycles. The first-order valence-corrected chi connectivity index (χ1v) is 8.38. The van der Waals surface area contributed by atoms with Gasteiger partial charge in [0.25, 0.3) is 0 Å². The van der Waals surface area contributed by atoms with Crippen LogP contribution in [0, 0.1) is 0 Å². The molecule has 5 nitrogen and oxygen atoms in total. The molecule has 0 N–H and O–H groups in total. The second kappa shape index (κ2) is 6.61. The van der Waals surface area contributed by atoms with E-state index in [1.54, 1.807) is 16.1 Å². The first-order chi connectivity index (χ1) is 7.97. The third-order valence-electron chi connectivity index (χ3n) is 2.67. The van der Waals surface area contributed by atoms with Crippen molar-refractivity contribution in [3.63, 3.8) is 0 Å². The van der Waals surface area contributed by atoms with Gasteiger partial charge in [0.2, 0.25) is 10.0 Å². The molecular weight excluding hydrogens is 262 g/mol. The van der Waals surface area contributed by atoms with E-state index in [0.29, 0.717) is 13.0 Å². The number of nitrogens with zero attached hydrogens (tertiary/aromatic N) is 1. The molecule has 17 heavy (non-hydrogen) atoms. The summed E-state index contributed by atoms with van der Waals surface area (Å²) in [5.41, 5.74) is 0. The van der Waals surface area contributed by atoms with Crippen LogP contribution in [0.3, 0.4) is 0 Å². The quantitative estimate of drug-likeness (QED) is 0.694. The summed E-state index contributed by atoms with van der Waals surface area (Å²) >= 11 is 1.78. The minimum Gasteiger partial charge on any atom is -0.469 e. The topological polar surface area (TPSA) is 63.7 Å². The van der Waals surface area contributed by atoms with Crippen molar-refractivity contribution in [3.05, 3.63) is 0 Å². The Labute approximate surface area is 107 Å². The molecule has 7 heteroatoms. The number of carbonyl (C=O) groups is 1. The molecule has 1 heterocycles. The third-order valence-corrected chi connectivity index (χ3v) is 5.93. The summed E-state index contributed by atoms with van der Waals surface area (Å²) in [7, 11) is -1.92. The summed E-state index contributed by atoms with van der Waals surface area (Å²) in [6.45, 7) is 2.50. The first-order valence-electron chi connectivity index (χ1n) is 5.61. The average molecular weight is 281 g/mol. The summed E-state index contributed by atoms with van der Waals surface area (Å²) in [6.07, 6.45) is 0.484. The lowest BCUT2D eigenvalue weighted by atomic mass is 10.3. The van der Waals surface area contributed by atoms with Crippen LogP contribution in [0.4, 0.5) is 0 Å². The highest BCUT2D eigenvalue weighted by Crippen LogP contribution is 2.20. The van der Waals surface area contributed by atoms with Crippen LogP contribution in [0.5, 0.6) is 0 Å². The van der Waals surface area contributed by atoms with Crippen LogP contribution in [0.2, 0.25) is 0 Å². The van der Waals surface area contributed by atoms with Crippen molar-refractivity contribution in [1.82, 2.24) is 4.31 Å². The number of ether oxygens (including phenoxy) is 1. The number of carbonyl (C=O) groups excluding carboxylic acids is 1.